The van der Waals surface area contributed by atoms with Gasteiger partial charge in [0.25, 0.3) is 0 Å². The molecule has 0 aromatic heterocycles. The molecule has 1 fully saturated rings. The van der Waals surface area contributed by atoms with Crippen molar-refractivity contribution in [1.82, 2.24) is 10.2 Å². The normalized spacial score (nSPS) is 17.1. The number of anilines is 1. The van der Waals surface area contributed by atoms with Gasteiger partial charge in [0.1, 0.15) is 22.8 Å². The Balaban J connectivity index is 1.75. The van der Waals surface area contributed by atoms with E-state index in [-0.39, 0.29) is 13.0 Å². The van der Waals surface area contributed by atoms with E-state index in [9.17, 15) is 19.2 Å². The highest BCUT2D eigenvalue weighted by molar-refractivity contribution is 7.99. The highest BCUT2D eigenvalue weighted by Crippen LogP contribution is 2.45. The molecule has 198 valence electrons. The number of para-hydroxylation sites is 1. The van der Waals surface area contributed by atoms with E-state index >= 15 is 0 Å². The maximum Gasteiger partial charge on any atom is 0.330 e. The van der Waals surface area contributed by atoms with Crippen molar-refractivity contribution in [1.29, 1.82) is 0 Å². The van der Waals surface area contributed by atoms with E-state index in [2.05, 4.69) is 10.6 Å². The summed E-state index contributed by atoms with van der Waals surface area (Å²) < 4.78 is 11.0. The van der Waals surface area contributed by atoms with Crippen LogP contribution < -0.4 is 15.4 Å². The summed E-state index contributed by atoms with van der Waals surface area (Å²) in [6.45, 7) is 4.91. The predicted molar refractivity (Wildman–Crippen MR) is 139 cm³/mol. The van der Waals surface area contributed by atoms with Gasteiger partial charge in [-0.3, -0.25) is 9.59 Å². The largest absolute Gasteiger partial charge is 0.496 e. The topological polar surface area (TPSA) is 134 Å². The number of rotatable bonds is 8. The minimum absolute atomic E-state index is 0.182. The third-order valence-electron chi connectivity index (χ3n) is 5.31. The second-order valence-electron chi connectivity index (χ2n) is 9.36. The molecule has 1 heterocycles. The van der Waals surface area contributed by atoms with Gasteiger partial charge in [0.15, 0.2) is 0 Å². The highest BCUT2D eigenvalue weighted by atomic mass is 32.2. The van der Waals surface area contributed by atoms with Gasteiger partial charge in [-0.1, -0.05) is 30.3 Å². The number of nitrogens with zero attached hydrogens (tertiary/aromatic N) is 1. The lowest BCUT2D eigenvalue weighted by Crippen LogP contribution is -2.49. The van der Waals surface area contributed by atoms with Gasteiger partial charge in [-0.2, -0.15) is 0 Å². The molecule has 2 aromatic rings. The lowest BCUT2D eigenvalue weighted by atomic mass is 10.1. The van der Waals surface area contributed by atoms with Gasteiger partial charge in [0.2, 0.25) is 5.91 Å². The molecule has 0 radical (unpaired) electrons. The average Bonchev–Trinajstić information content (AvgIpc) is 3.26. The number of hydrogen-bond acceptors (Lipinski definition) is 7. The molecule has 1 aliphatic heterocycles. The first-order chi connectivity index (χ1) is 17.5. The number of carboxylic acid groups (broad SMARTS) is 1. The number of carbonyl (C=O) groups excluding carboxylic acids is 3. The Hall–Kier alpha value is -3.73. The van der Waals surface area contributed by atoms with Crippen molar-refractivity contribution in [2.24, 2.45) is 0 Å². The van der Waals surface area contributed by atoms with Crippen LogP contribution in [0.15, 0.2) is 48.5 Å². The summed E-state index contributed by atoms with van der Waals surface area (Å²) in [4.78, 5) is 51.3. The number of aliphatic carboxylic acids is 1. The number of benzene rings is 2. The van der Waals surface area contributed by atoms with Crippen LogP contribution in [0.3, 0.4) is 0 Å². The van der Waals surface area contributed by atoms with E-state index in [1.165, 1.54) is 23.8 Å². The Labute approximate surface area is 219 Å². The van der Waals surface area contributed by atoms with E-state index in [0.29, 0.717) is 22.8 Å². The molecular formula is C26H31N3O7S. The minimum Gasteiger partial charge on any atom is -0.496 e. The maximum atomic E-state index is 13.4. The molecule has 0 aliphatic carbocycles. The zero-order valence-electron chi connectivity index (χ0n) is 21.1. The fraction of sp³-hybridized carbons (Fsp3) is 0.385. The number of esters is 1. The first-order valence-corrected chi connectivity index (χ1v) is 12.7. The molecule has 11 heteroatoms. The monoisotopic (exact) mass is 529 g/mol. The smallest absolute Gasteiger partial charge is 0.330 e. The van der Waals surface area contributed by atoms with Crippen molar-refractivity contribution in [2.45, 2.75) is 44.2 Å². The van der Waals surface area contributed by atoms with Crippen LogP contribution in [0, 0.1) is 0 Å². The Morgan fingerprint density at radius 1 is 1.11 bits per heavy atom. The fourth-order valence-electron chi connectivity index (χ4n) is 3.83. The number of amides is 3. The third-order valence-corrected chi connectivity index (χ3v) is 6.62. The number of methoxy groups -OCH3 is 1. The van der Waals surface area contributed by atoms with Crippen LogP contribution >= 0.6 is 11.8 Å². The summed E-state index contributed by atoms with van der Waals surface area (Å²) >= 11 is 1.42. The van der Waals surface area contributed by atoms with Gasteiger partial charge in [-0.05, 0) is 44.5 Å². The number of carboxylic acids is 1. The predicted octanol–water partition coefficient (Wildman–Crippen LogP) is 3.43. The molecule has 0 spiro atoms. The summed E-state index contributed by atoms with van der Waals surface area (Å²) in [5.41, 5.74) is 0.912. The highest BCUT2D eigenvalue weighted by Gasteiger charge is 2.44. The Bertz CT molecular complexity index is 1160. The summed E-state index contributed by atoms with van der Waals surface area (Å²) in [6.07, 6.45) is -0.182. The number of urea groups is 1. The van der Waals surface area contributed by atoms with E-state index in [1.807, 2.05) is 18.2 Å². The lowest BCUT2D eigenvalue weighted by Gasteiger charge is -2.31. The molecule has 2 aromatic carbocycles. The quantitative estimate of drug-likeness (QED) is 0.443. The maximum absolute atomic E-state index is 13.4. The number of thioether (sulfide) groups is 1. The molecule has 37 heavy (non-hydrogen) atoms. The molecule has 3 N–H and O–H groups in total. The van der Waals surface area contributed by atoms with Crippen LogP contribution in [0.2, 0.25) is 0 Å². The molecule has 1 aliphatic rings. The SMILES string of the molecule is COc1ccccc1[C@H]1SC[C@@H](C(=O)OC(C)(C)C)N1C(=O)CNC(=O)Nc1cccc(CC(=O)O)c1. The minimum atomic E-state index is -0.986. The number of ether oxygens (including phenoxy) is 2. The van der Waals surface area contributed by atoms with E-state index < -0.39 is 40.9 Å². The molecule has 0 bridgehead atoms. The molecule has 0 unspecified atom stereocenters. The number of nitrogens with one attached hydrogen (secondary N) is 2. The summed E-state index contributed by atoms with van der Waals surface area (Å²) in [5, 5.41) is 13.6. The van der Waals surface area contributed by atoms with Gasteiger partial charge < -0.3 is 30.1 Å². The molecule has 0 saturated carbocycles. The zero-order chi connectivity index (χ0) is 27.2. The summed E-state index contributed by atoms with van der Waals surface area (Å²) in [6, 6.07) is 12.2. The standard InChI is InChI=1S/C26H31N3O7S/c1-26(2,3)36-24(33)19-15-37-23(18-10-5-6-11-20(18)35-4)29(19)21(30)14-27-25(34)28-17-9-7-8-16(12-17)13-22(31)32/h5-12,19,23H,13-15H2,1-4H3,(H,31,32)(H2,27,28,34)/t19-,23+/m0/s1. The van der Waals surface area contributed by atoms with Gasteiger partial charge in [0, 0.05) is 17.0 Å². The van der Waals surface area contributed by atoms with Crippen LogP contribution in [0.5, 0.6) is 5.75 Å². The van der Waals surface area contributed by atoms with Crippen LogP contribution in [0.4, 0.5) is 10.5 Å². The third kappa shape index (κ3) is 7.63. The molecule has 2 atom stereocenters. The first-order valence-electron chi connectivity index (χ1n) is 11.6. The van der Waals surface area contributed by atoms with Gasteiger partial charge in [-0.25, -0.2) is 9.59 Å². The molecular weight excluding hydrogens is 498 g/mol. The van der Waals surface area contributed by atoms with Crippen LogP contribution in [-0.4, -0.2) is 64.9 Å². The first kappa shape index (κ1) is 27.9. The van der Waals surface area contributed by atoms with Gasteiger partial charge >= 0.3 is 18.0 Å². The second kappa shape index (κ2) is 12.0. The summed E-state index contributed by atoms with van der Waals surface area (Å²) in [5.74, 6) is -1.07. The number of hydrogen-bond donors (Lipinski definition) is 3. The van der Waals surface area contributed by atoms with Crippen molar-refractivity contribution >= 4 is 41.3 Å². The van der Waals surface area contributed by atoms with Gasteiger partial charge in [0.05, 0.1) is 20.1 Å². The van der Waals surface area contributed by atoms with Crippen molar-refractivity contribution in [2.75, 3.05) is 24.7 Å². The molecule has 3 rings (SSSR count). The van der Waals surface area contributed by atoms with E-state index in [4.69, 9.17) is 14.6 Å². The molecule has 3 amide bonds. The van der Waals surface area contributed by atoms with Crippen molar-refractivity contribution in [3.63, 3.8) is 0 Å². The molecule has 1 saturated heterocycles. The van der Waals surface area contributed by atoms with Crippen LogP contribution in [0.25, 0.3) is 0 Å². The Kier molecular flexibility index (Phi) is 9.04. The Morgan fingerprint density at radius 2 is 1.84 bits per heavy atom. The fourth-order valence-corrected chi connectivity index (χ4v) is 5.29. The summed E-state index contributed by atoms with van der Waals surface area (Å²) in [7, 11) is 1.54. The van der Waals surface area contributed by atoms with Crippen LogP contribution in [-0.2, 0) is 25.5 Å². The van der Waals surface area contributed by atoms with E-state index in [1.54, 1.807) is 51.1 Å². The van der Waals surface area contributed by atoms with Crippen LogP contribution in [0.1, 0.15) is 37.3 Å². The Morgan fingerprint density at radius 3 is 2.51 bits per heavy atom. The van der Waals surface area contributed by atoms with Crippen molar-refractivity contribution < 1.29 is 33.8 Å². The van der Waals surface area contributed by atoms with Crippen molar-refractivity contribution in [3.8, 4) is 5.75 Å². The van der Waals surface area contributed by atoms with Crippen molar-refractivity contribution in [3.05, 3.63) is 59.7 Å². The zero-order valence-corrected chi connectivity index (χ0v) is 22.0. The molecule has 10 nitrogen and oxygen atoms in total. The average molecular weight is 530 g/mol. The van der Waals surface area contributed by atoms with Gasteiger partial charge in [-0.15, -0.1) is 11.8 Å². The van der Waals surface area contributed by atoms with E-state index in [0.717, 1.165) is 5.56 Å². The second-order valence-corrected chi connectivity index (χ2v) is 10.5. The number of carbonyl (C=O) groups is 4. The lowest BCUT2D eigenvalue weighted by molar-refractivity contribution is -0.163.